The van der Waals surface area contributed by atoms with E-state index in [9.17, 15) is 0 Å². The second kappa shape index (κ2) is 7.39. The Morgan fingerprint density at radius 1 is 1.00 bits per heavy atom. The van der Waals surface area contributed by atoms with E-state index in [-0.39, 0.29) is 12.4 Å². The van der Waals surface area contributed by atoms with Crippen LogP contribution < -0.4 is 10.6 Å². The molecule has 1 aromatic carbocycles. The first-order valence-electron chi connectivity index (χ1n) is 6.86. The molecule has 1 atom stereocenters. The van der Waals surface area contributed by atoms with E-state index in [1.165, 1.54) is 5.56 Å². The Morgan fingerprint density at radius 2 is 1.70 bits per heavy atom. The molecule has 2 heterocycles. The summed E-state index contributed by atoms with van der Waals surface area (Å²) in [7, 11) is 0. The fourth-order valence-corrected chi connectivity index (χ4v) is 2.66. The molecule has 0 aliphatic carbocycles. The lowest BCUT2D eigenvalue weighted by atomic mass is 9.91. The number of nitrogens with one attached hydrogen (secondary N) is 2. The van der Waals surface area contributed by atoms with Gasteiger partial charge < -0.3 is 10.6 Å². The molecule has 1 aromatic heterocycles. The van der Waals surface area contributed by atoms with Crippen molar-refractivity contribution in [2.24, 2.45) is 0 Å². The Bertz CT molecular complexity index is 458. The van der Waals surface area contributed by atoms with E-state index in [0.29, 0.717) is 12.1 Å². The lowest BCUT2D eigenvalue weighted by Gasteiger charge is -2.21. The van der Waals surface area contributed by atoms with Crippen LogP contribution in [0.25, 0.3) is 0 Å². The monoisotopic (exact) mass is 289 g/mol. The summed E-state index contributed by atoms with van der Waals surface area (Å²) in [5.74, 6) is 0.338. The van der Waals surface area contributed by atoms with Crippen molar-refractivity contribution < 1.29 is 0 Å². The molecular formula is C16H20ClN3. The Hall–Kier alpha value is -1.42. The smallest absolute Gasteiger partial charge is 0.0582 e. The first-order chi connectivity index (χ1) is 9.43. The molecule has 0 saturated carbocycles. The van der Waals surface area contributed by atoms with Gasteiger partial charge in [-0.25, -0.2) is 0 Å². The normalized spacial score (nSPS) is 16.6. The fraction of sp³-hybridized carbons (Fsp3) is 0.312. The zero-order chi connectivity index (χ0) is 12.9. The molecule has 106 valence electrons. The third kappa shape index (κ3) is 3.57. The quantitative estimate of drug-likeness (QED) is 0.908. The Morgan fingerprint density at radius 3 is 2.35 bits per heavy atom. The van der Waals surface area contributed by atoms with Gasteiger partial charge in [0.2, 0.25) is 0 Å². The first-order valence-corrected chi connectivity index (χ1v) is 6.86. The molecule has 1 aliphatic rings. The zero-order valence-corrected chi connectivity index (χ0v) is 12.1. The van der Waals surface area contributed by atoms with E-state index in [2.05, 4.69) is 58.1 Å². The number of pyridine rings is 1. The van der Waals surface area contributed by atoms with Crippen LogP contribution in [0.1, 0.15) is 23.6 Å². The fourth-order valence-electron chi connectivity index (χ4n) is 2.66. The zero-order valence-electron chi connectivity index (χ0n) is 11.3. The highest BCUT2D eigenvalue weighted by Gasteiger charge is 2.22. The maximum absolute atomic E-state index is 4.54. The number of rotatable bonds is 4. The molecule has 0 radical (unpaired) electrons. The van der Waals surface area contributed by atoms with E-state index >= 15 is 0 Å². The summed E-state index contributed by atoms with van der Waals surface area (Å²) in [6.45, 7) is 2.10. The first kappa shape index (κ1) is 15.0. The van der Waals surface area contributed by atoms with Crippen LogP contribution in [0.3, 0.4) is 0 Å². The molecule has 3 nitrogen and oxygen atoms in total. The van der Waals surface area contributed by atoms with Crippen molar-refractivity contribution in [1.82, 2.24) is 15.6 Å². The predicted molar refractivity (Wildman–Crippen MR) is 84.2 cm³/mol. The minimum atomic E-state index is 0. The van der Waals surface area contributed by atoms with Gasteiger partial charge in [-0.1, -0.05) is 36.4 Å². The molecule has 1 unspecified atom stereocenters. The van der Waals surface area contributed by atoms with Crippen LogP contribution in [-0.4, -0.2) is 24.2 Å². The van der Waals surface area contributed by atoms with Crippen molar-refractivity contribution in [3.63, 3.8) is 0 Å². The molecule has 4 heteroatoms. The van der Waals surface area contributed by atoms with Crippen LogP contribution in [-0.2, 0) is 0 Å². The average molecular weight is 290 g/mol. The van der Waals surface area contributed by atoms with Gasteiger partial charge in [0.1, 0.15) is 0 Å². The largest absolute Gasteiger partial charge is 0.301 e. The Kier molecular flexibility index (Phi) is 5.53. The summed E-state index contributed by atoms with van der Waals surface area (Å²) in [5.41, 5.74) is 2.47. The van der Waals surface area contributed by atoms with Crippen molar-refractivity contribution in [1.29, 1.82) is 0 Å². The SMILES string of the molecule is Cl.c1ccc(C(CC2NCCN2)c2ccccn2)cc1. The van der Waals surface area contributed by atoms with Gasteiger partial charge >= 0.3 is 0 Å². The van der Waals surface area contributed by atoms with Crippen molar-refractivity contribution >= 4 is 12.4 Å². The molecule has 0 bridgehead atoms. The topological polar surface area (TPSA) is 37.0 Å². The van der Waals surface area contributed by atoms with Gasteiger partial charge in [0.25, 0.3) is 0 Å². The summed E-state index contributed by atoms with van der Waals surface area (Å²) in [4.78, 5) is 4.54. The summed E-state index contributed by atoms with van der Waals surface area (Å²) in [6.07, 6.45) is 3.29. The number of nitrogens with zero attached hydrogens (tertiary/aromatic N) is 1. The van der Waals surface area contributed by atoms with Crippen molar-refractivity contribution in [3.8, 4) is 0 Å². The van der Waals surface area contributed by atoms with E-state index in [1.54, 1.807) is 0 Å². The van der Waals surface area contributed by atoms with Gasteiger partial charge in [0.05, 0.1) is 6.17 Å². The summed E-state index contributed by atoms with van der Waals surface area (Å²) in [5, 5.41) is 6.98. The van der Waals surface area contributed by atoms with Gasteiger partial charge in [-0.2, -0.15) is 0 Å². The molecule has 0 spiro atoms. The standard InChI is InChI=1S/C16H19N3.ClH/c1-2-6-13(7-3-1)14(12-16-18-10-11-19-16)15-8-4-5-9-17-15;/h1-9,14,16,18-19H,10-12H2;1H. The van der Waals surface area contributed by atoms with Gasteiger partial charge in [-0.15, -0.1) is 12.4 Å². The number of aromatic nitrogens is 1. The summed E-state index contributed by atoms with van der Waals surface area (Å²) in [6, 6.07) is 16.8. The molecular weight excluding hydrogens is 270 g/mol. The Balaban J connectivity index is 0.00000147. The number of halogens is 1. The van der Waals surface area contributed by atoms with Crippen LogP contribution in [0.2, 0.25) is 0 Å². The van der Waals surface area contributed by atoms with Crippen LogP contribution in [0.15, 0.2) is 54.7 Å². The lowest BCUT2D eigenvalue weighted by Crippen LogP contribution is -2.33. The molecule has 3 rings (SSSR count). The maximum Gasteiger partial charge on any atom is 0.0582 e. The third-order valence-corrected chi connectivity index (χ3v) is 3.62. The minimum absolute atomic E-state index is 0. The van der Waals surface area contributed by atoms with Gasteiger partial charge in [-0.3, -0.25) is 4.98 Å². The van der Waals surface area contributed by atoms with Crippen LogP contribution >= 0.6 is 12.4 Å². The third-order valence-electron chi connectivity index (χ3n) is 3.62. The molecule has 1 fully saturated rings. The molecule has 2 N–H and O–H groups in total. The van der Waals surface area contributed by atoms with E-state index < -0.39 is 0 Å². The van der Waals surface area contributed by atoms with Crippen molar-refractivity contribution in [3.05, 3.63) is 66.0 Å². The second-order valence-electron chi connectivity index (χ2n) is 4.91. The number of hydrogen-bond donors (Lipinski definition) is 2. The average Bonchev–Trinajstić information content (AvgIpc) is 3.00. The second-order valence-corrected chi connectivity index (χ2v) is 4.91. The lowest BCUT2D eigenvalue weighted by molar-refractivity contribution is 0.481. The van der Waals surface area contributed by atoms with Gasteiger partial charge in [0, 0.05) is 30.9 Å². The molecule has 20 heavy (non-hydrogen) atoms. The highest BCUT2D eigenvalue weighted by molar-refractivity contribution is 5.85. The molecule has 1 saturated heterocycles. The maximum atomic E-state index is 4.54. The molecule has 0 amide bonds. The minimum Gasteiger partial charge on any atom is -0.301 e. The highest BCUT2D eigenvalue weighted by atomic mass is 35.5. The van der Waals surface area contributed by atoms with Crippen molar-refractivity contribution in [2.75, 3.05) is 13.1 Å². The number of hydrogen-bond acceptors (Lipinski definition) is 3. The van der Waals surface area contributed by atoms with E-state index in [1.807, 2.05) is 12.3 Å². The van der Waals surface area contributed by atoms with Gasteiger partial charge in [0.15, 0.2) is 0 Å². The number of benzene rings is 1. The summed E-state index contributed by atoms with van der Waals surface area (Å²) < 4.78 is 0. The van der Waals surface area contributed by atoms with Crippen LogP contribution in [0.5, 0.6) is 0 Å². The van der Waals surface area contributed by atoms with Crippen molar-refractivity contribution in [2.45, 2.75) is 18.5 Å². The van der Waals surface area contributed by atoms with Crippen LogP contribution in [0.4, 0.5) is 0 Å². The van der Waals surface area contributed by atoms with Crippen LogP contribution in [0, 0.1) is 0 Å². The van der Waals surface area contributed by atoms with E-state index in [0.717, 1.165) is 25.2 Å². The highest BCUT2D eigenvalue weighted by Crippen LogP contribution is 2.27. The van der Waals surface area contributed by atoms with Gasteiger partial charge in [-0.05, 0) is 24.1 Å². The predicted octanol–water partition coefficient (Wildman–Crippen LogP) is 2.54. The molecule has 1 aliphatic heterocycles. The van der Waals surface area contributed by atoms with E-state index in [4.69, 9.17) is 0 Å². The Labute approximate surface area is 126 Å². The summed E-state index contributed by atoms with van der Waals surface area (Å²) >= 11 is 0. The molecule has 2 aromatic rings.